The zero-order chi connectivity index (χ0) is 18.0. The van der Waals surface area contributed by atoms with Gasteiger partial charge in [0.05, 0.1) is 0 Å². The van der Waals surface area contributed by atoms with E-state index in [2.05, 4.69) is 31.3 Å². The van der Waals surface area contributed by atoms with Gasteiger partial charge < -0.3 is 16.0 Å². The van der Waals surface area contributed by atoms with Crippen molar-refractivity contribution in [2.45, 2.75) is 33.2 Å². The number of benzene rings is 2. The van der Waals surface area contributed by atoms with Crippen molar-refractivity contribution in [1.82, 2.24) is 5.32 Å². The normalized spacial score (nSPS) is 13.3. The second-order valence-electron chi connectivity index (χ2n) is 6.48. The highest BCUT2D eigenvalue weighted by atomic mass is 16.2. The molecule has 25 heavy (non-hydrogen) atoms. The van der Waals surface area contributed by atoms with Crippen molar-refractivity contribution < 1.29 is 9.59 Å². The van der Waals surface area contributed by atoms with E-state index in [0.717, 1.165) is 30.6 Å². The second-order valence-corrected chi connectivity index (χ2v) is 6.48. The predicted molar refractivity (Wildman–Crippen MR) is 98.8 cm³/mol. The number of fused-ring (bicyclic) bond motifs is 1. The molecule has 0 saturated carbocycles. The average molecular weight is 337 g/mol. The highest BCUT2D eigenvalue weighted by molar-refractivity contribution is 6.06. The van der Waals surface area contributed by atoms with E-state index in [-0.39, 0.29) is 5.91 Å². The number of amides is 3. The third-order valence-corrected chi connectivity index (χ3v) is 4.86. The monoisotopic (exact) mass is 337 g/mol. The molecule has 0 aliphatic carbocycles. The van der Waals surface area contributed by atoms with E-state index in [0.29, 0.717) is 12.1 Å². The standard InChI is InChI=1S/C20H23N3O2/c1-13-5-10-18-17(14(13)2)4-3-11-23(18)19(24)16-8-6-15(7-9-16)12-22-20(21)25/h5-10H,3-4,11-12H2,1-2H3,(H3,21,22,25). The number of urea groups is 1. The summed E-state index contributed by atoms with van der Waals surface area (Å²) in [6, 6.07) is 10.9. The Morgan fingerprint density at radius 1 is 1.12 bits per heavy atom. The van der Waals surface area contributed by atoms with Crippen molar-refractivity contribution in [3.63, 3.8) is 0 Å². The van der Waals surface area contributed by atoms with Gasteiger partial charge >= 0.3 is 6.03 Å². The van der Waals surface area contributed by atoms with Crippen molar-refractivity contribution >= 4 is 17.6 Å². The maximum atomic E-state index is 13.0. The van der Waals surface area contributed by atoms with Crippen LogP contribution in [0.2, 0.25) is 0 Å². The molecule has 1 aliphatic heterocycles. The van der Waals surface area contributed by atoms with E-state index in [1.807, 2.05) is 17.0 Å². The van der Waals surface area contributed by atoms with Gasteiger partial charge in [-0.2, -0.15) is 0 Å². The molecule has 0 bridgehead atoms. The molecule has 130 valence electrons. The van der Waals surface area contributed by atoms with Gasteiger partial charge in [0.2, 0.25) is 0 Å². The number of hydrogen-bond donors (Lipinski definition) is 2. The Kier molecular flexibility index (Phi) is 4.74. The van der Waals surface area contributed by atoms with Gasteiger partial charge in [0.25, 0.3) is 5.91 Å². The van der Waals surface area contributed by atoms with Crippen molar-refractivity contribution in [2.24, 2.45) is 5.73 Å². The fourth-order valence-corrected chi connectivity index (χ4v) is 3.28. The summed E-state index contributed by atoms with van der Waals surface area (Å²) in [5.74, 6) is 0.0126. The number of nitrogens with two attached hydrogens (primary N) is 1. The van der Waals surface area contributed by atoms with Crippen LogP contribution < -0.4 is 16.0 Å². The van der Waals surface area contributed by atoms with Crippen LogP contribution in [-0.4, -0.2) is 18.5 Å². The predicted octanol–water partition coefficient (Wildman–Crippen LogP) is 3.06. The molecule has 3 amide bonds. The summed E-state index contributed by atoms with van der Waals surface area (Å²) >= 11 is 0. The maximum Gasteiger partial charge on any atom is 0.312 e. The van der Waals surface area contributed by atoms with E-state index < -0.39 is 6.03 Å². The Morgan fingerprint density at radius 2 is 1.84 bits per heavy atom. The first kappa shape index (κ1) is 17.0. The molecule has 0 atom stereocenters. The SMILES string of the molecule is Cc1ccc2c(c1C)CCCN2C(=O)c1ccc(CNC(N)=O)cc1. The molecule has 0 unspecified atom stereocenters. The number of carbonyl (C=O) groups is 2. The largest absolute Gasteiger partial charge is 0.352 e. The number of anilines is 1. The number of hydrogen-bond acceptors (Lipinski definition) is 2. The lowest BCUT2D eigenvalue weighted by atomic mass is 9.93. The highest BCUT2D eigenvalue weighted by Crippen LogP contribution is 2.32. The Hall–Kier alpha value is -2.82. The molecule has 0 spiro atoms. The molecular weight excluding hydrogens is 314 g/mol. The summed E-state index contributed by atoms with van der Waals surface area (Å²) in [6.07, 6.45) is 1.99. The van der Waals surface area contributed by atoms with Gasteiger partial charge in [0.1, 0.15) is 0 Å². The first-order chi connectivity index (χ1) is 12.0. The first-order valence-electron chi connectivity index (χ1n) is 8.50. The van der Waals surface area contributed by atoms with Crippen LogP contribution in [0.1, 0.15) is 39.0 Å². The number of rotatable bonds is 3. The molecule has 2 aromatic carbocycles. The molecule has 0 saturated heterocycles. The molecule has 3 N–H and O–H groups in total. The molecule has 0 aromatic heterocycles. The molecule has 5 heteroatoms. The van der Waals surface area contributed by atoms with Gasteiger partial charge in [-0.05, 0) is 67.1 Å². The Labute approximate surface area is 147 Å². The second kappa shape index (κ2) is 6.97. The first-order valence-corrected chi connectivity index (χ1v) is 8.50. The summed E-state index contributed by atoms with van der Waals surface area (Å²) in [5.41, 5.74) is 11.5. The lowest BCUT2D eigenvalue weighted by Crippen LogP contribution is -2.35. The van der Waals surface area contributed by atoms with E-state index in [9.17, 15) is 9.59 Å². The Morgan fingerprint density at radius 3 is 2.52 bits per heavy atom. The van der Waals surface area contributed by atoms with Crippen LogP contribution >= 0.6 is 0 Å². The summed E-state index contributed by atoms with van der Waals surface area (Å²) in [7, 11) is 0. The molecular formula is C20H23N3O2. The topological polar surface area (TPSA) is 75.4 Å². The van der Waals surface area contributed by atoms with Crippen LogP contribution in [0.3, 0.4) is 0 Å². The van der Waals surface area contributed by atoms with Gasteiger partial charge in [-0.1, -0.05) is 18.2 Å². The minimum atomic E-state index is -0.560. The van der Waals surface area contributed by atoms with Crippen LogP contribution in [0.4, 0.5) is 10.5 Å². The van der Waals surface area contributed by atoms with Crippen molar-refractivity contribution in [3.8, 4) is 0 Å². The van der Waals surface area contributed by atoms with E-state index >= 15 is 0 Å². The highest BCUT2D eigenvalue weighted by Gasteiger charge is 2.24. The molecule has 3 rings (SSSR count). The van der Waals surface area contributed by atoms with Gasteiger partial charge in [-0.25, -0.2) is 4.79 Å². The quantitative estimate of drug-likeness (QED) is 0.903. The van der Waals surface area contributed by atoms with Crippen LogP contribution in [0.25, 0.3) is 0 Å². The zero-order valence-electron chi connectivity index (χ0n) is 14.6. The molecule has 5 nitrogen and oxygen atoms in total. The molecule has 0 fully saturated rings. The van der Waals surface area contributed by atoms with E-state index in [4.69, 9.17) is 5.73 Å². The van der Waals surface area contributed by atoms with Crippen molar-refractivity contribution in [3.05, 3.63) is 64.2 Å². The van der Waals surface area contributed by atoms with Gasteiger partial charge in [0, 0.05) is 24.3 Å². The molecule has 1 heterocycles. The average Bonchev–Trinajstić information content (AvgIpc) is 2.62. The zero-order valence-corrected chi connectivity index (χ0v) is 14.6. The smallest absolute Gasteiger partial charge is 0.312 e. The maximum absolute atomic E-state index is 13.0. The van der Waals surface area contributed by atoms with Crippen molar-refractivity contribution in [2.75, 3.05) is 11.4 Å². The van der Waals surface area contributed by atoms with Crippen LogP contribution in [0, 0.1) is 13.8 Å². The number of primary amides is 1. The van der Waals surface area contributed by atoms with Crippen molar-refractivity contribution in [1.29, 1.82) is 0 Å². The van der Waals surface area contributed by atoms with E-state index in [1.54, 1.807) is 12.1 Å². The minimum absolute atomic E-state index is 0.0126. The molecule has 2 aromatic rings. The summed E-state index contributed by atoms with van der Waals surface area (Å²) < 4.78 is 0. The summed E-state index contributed by atoms with van der Waals surface area (Å²) in [5, 5.41) is 2.54. The Balaban J connectivity index is 1.83. The number of nitrogens with zero attached hydrogens (tertiary/aromatic N) is 1. The fraction of sp³-hybridized carbons (Fsp3) is 0.300. The fourth-order valence-electron chi connectivity index (χ4n) is 3.28. The van der Waals surface area contributed by atoms with Crippen LogP contribution in [0.5, 0.6) is 0 Å². The van der Waals surface area contributed by atoms with Gasteiger partial charge in [0.15, 0.2) is 0 Å². The molecule has 1 aliphatic rings. The number of nitrogens with one attached hydrogen (secondary N) is 1. The third kappa shape index (κ3) is 3.50. The van der Waals surface area contributed by atoms with Gasteiger partial charge in [-0.3, -0.25) is 4.79 Å². The van der Waals surface area contributed by atoms with Crippen LogP contribution in [-0.2, 0) is 13.0 Å². The Bertz CT molecular complexity index is 812. The molecule has 0 radical (unpaired) electrons. The summed E-state index contributed by atoms with van der Waals surface area (Å²) in [4.78, 5) is 25.6. The van der Waals surface area contributed by atoms with Gasteiger partial charge in [-0.15, -0.1) is 0 Å². The van der Waals surface area contributed by atoms with E-state index in [1.165, 1.54) is 16.7 Å². The summed E-state index contributed by atoms with van der Waals surface area (Å²) in [6.45, 7) is 5.33. The minimum Gasteiger partial charge on any atom is -0.352 e. The number of carbonyl (C=O) groups excluding carboxylic acids is 2. The lowest BCUT2D eigenvalue weighted by Gasteiger charge is -2.31. The van der Waals surface area contributed by atoms with Crippen LogP contribution in [0.15, 0.2) is 36.4 Å². The lowest BCUT2D eigenvalue weighted by molar-refractivity contribution is 0.0985. The third-order valence-electron chi connectivity index (χ3n) is 4.86. The number of aryl methyl sites for hydroxylation is 1.